The standard InChI is InChI=1S/C18H22/c1-15(2)7-6-8-16-11-13-18(14-12-16)17-9-4-3-5-10-17/h3-5,7,9-11,14H,6,8,12-13H2,1-2H3. The second-order valence-corrected chi connectivity index (χ2v) is 5.19. The highest BCUT2D eigenvalue weighted by Crippen LogP contribution is 2.27. The Bertz CT molecular complexity index is 468. The lowest BCUT2D eigenvalue weighted by molar-refractivity contribution is 0.914. The molecule has 0 radical (unpaired) electrons. The lowest BCUT2D eigenvalue weighted by Gasteiger charge is -2.14. The van der Waals surface area contributed by atoms with Crippen molar-refractivity contribution in [2.24, 2.45) is 0 Å². The van der Waals surface area contributed by atoms with Crippen molar-refractivity contribution in [1.29, 1.82) is 0 Å². The smallest absolute Gasteiger partial charge is 0.00918 e. The second-order valence-electron chi connectivity index (χ2n) is 5.19. The first kappa shape index (κ1) is 12.9. The van der Waals surface area contributed by atoms with E-state index in [0.29, 0.717) is 0 Å². The summed E-state index contributed by atoms with van der Waals surface area (Å²) in [6, 6.07) is 10.7. The van der Waals surface area contributed by atoms with E-state index in [1.165, 1.54) is 29.6 Å². The molecule has 0 saturated heterocycles. The highest BCUT2D eigenvalue weighted by molar-refractivity contribution is 5.68. The molecule has 2 rings (SSSR count). The predicted molar refractivity (Wildman–Crippen MR) is 80.4 cm³/mol. The van der Waals surface area contributed by atoms with E-state index in [4.69, 9.17) is 0 Å². The van der Waals surface area contributed by atoms with Crippen LogP contribution in [0, 0.1) is 0 Å². The third-order valence-corrected chi connectivity index (χ3v) is 3.38. The molecular weight excluding hydrogens is 216 g/mol. The third kappa shape index (κ3) is 3.73. The zero-order valence-electron chi connectivity index (χ0n) is 11.4. The average molecular weight is 238 g/mol. The van der Waals surface area contributed by atoms with Gasteiger partial charge >= 0.3 is 0 Å². The summed E-state index contributed by atoms with van der Waals surface area (Å²) in [6.07, 6.45) is 11.8. The third-order valence-electron chi connectivity index (χ3n) is 3.38. The Morgan fingerprint density at radius 1 is 1.06 bits per heavy atom. The fourth-order valence-corrected chi connectivity index (χ4v) is 2.31. The highest BCUT2D eigenvalue weighted by atomic mass is 14.1. The van der Waals surface area contributed by atoms with Gasteiger partial charge in [0.2, 0.25) is 0 Å². The van der Waals surface area contributed by atoms with Crippen LogP contribution in [0.3, 0.4) is 0 Å². The van der Waals surface area contributed by atoms with Gasteiger partial charge in [0.25, 0.3) is 0 Å². The second kappa shape index (κ2) is 6.39. The molecule has 0 aromatic heterocycles. The molecule has 0 spiro atoms. The number of hydrogen-bond acceptors (Lipinski definition) is 0. The minimum atomic E-state index is 1.09. The van der Waals surface area contributed by atoms with Gasteiger partial charge in [0.15, 0.2) is 0 Å². The van der Waals surface area contributed by atoms with Gasteiger partial charge < -0.3 is 0 Å². The molecule has 1 aromatic carbocycles. The molecule has 1 aromatic rings. The van der Waals surface area contributed by atoms with Crippen molar-refractivity contribution < 1.29 is 0 Å². The van der Waals surface area contributed by atoms with Crippen LogP contribution in [0.2, 0.25) is 0 Å². The topological polar surface area (TPSA) is 0 Å². The van der Waals surface area contributed by atoms with Crippen LogP contribution in [0.15, 0.2) is 59.7 Å². The van der Waals surface area contributed by atoms with Crippen LogP contribution in [0.1, 0.15) is 45.1 Å². The molecule has 0 heteroatoms. The lowest BCUT2D eigenvalue weighted by atomic mass is 9.92. The van der Waals surface area contributed by atoms with E-state index in [2.05, 4.69) is 62.4 Å². The maximum Gasteiger partial charge on any atom is -0.00918 e. The quantitative estimate of drug-likeness (QED) is 0.604. The highest BCUT2D eigenvalue weighted by Gasteiger charge is 2.06. The van der Waals surface area contributed by atoms with Crippen LogP contribution in [0.25, 0.3) is 5.57 Å². The van der Waals surface area contributed by atoms with E-state index in [9.17, 15) is 0 Å². The maximum atomic E-state index is 2.42. The monoisotopic (exact) mass is 238 g/mol. The zero-order valence-corrected chi connectivity index (χ0v) is 11.4. The Morgan fingerprint density at radius 3 is 2.44 bits per heavy atom. The summed E-state index contributed by atoms with van der Waals surface area (Å²) in [4.78, 5) is 0. The van der Waals surface area contributed by atoms with E-state index in [1.54, 1.807) is 5.57 Å². The molecular formula is C18H22. The first-order valence-corrected chi connectivity index (χ1v) is 6.81. The fraction of sp³-hybridized carbons (Fsp3) is 0.333. The molecule has 0 aliphatic heterocycles. The van der Waals surface area contributed by atoms with Gasteiger partial charge in [0, 0.05) is 0 Å². The van der Waals surface area contributed by atoms with Crippen LogP contribution >= 0.6 is 0 Å². The Kier molecular flexibility index (Phi) is 4.58. The Morgan fingerprint density at radius 2 is 1.83 bits per heavy atom. The molecule has 0 fully saturated rings. The number of allylic oxidation sites excluding steroid dienone is 6. The molecule has 0 N–H and O–H groups in total. The number of rotatable bonds is 4. The van der Waals surface area contributed by atoms with Crippen LogP contribution < -0.4 is 0 Å². The van der Waals surface area contributed by atoms with E-state index in [0.717, 1.165) is 12.8 Å². The van der Waals surface area contributed by atoms with Gasteiger partial charge in [-0.1, -0.05) is 59.7 Å². The molecule has 0 nitrogen and oxygen atoms in total. The Balaban J connectivity index is 1.89. The van der Waals surface area contributed by atoms with E-state index in [-0.39, 0.29) is 0 Å². The summed E-state index contributed by atoms with van der Waals surface area (Å²) in [5, 5.41) is 0. The van der Waals surface area contributed by atoms with E-state index >= 15 is 0 Å². The molecule has 0 amide bonds. The largest absolute Gasteiger partial charge is 0.0856 e. The fourth-order valence-electron chi connectivity index (χ4n) is 2.31. The van der Waals surface area contributed by atoms with Gasteiger partial charge in [-0.25, -0.2) is 0 Å². The summed E-state index contributed by atoms with van der Waals surface area (Å²) in [5.74, 6) is 0. The summed E-state index contributed by atoms with van der Waals surface area (Å²) in [7, 11) is 0. The number of hydrogen-bond donors (Lipinski definition) is 0. The molecule has 0 atom stereocenters. The average Bonchev–Trinajstić information content (AvgIpc) is 2.40. The van der Waals surface area contributed by atoms with Crippen molar-refractivity contribution in [3.8, 4) is 0 Å². The predicted octanol–water partition coefficient (Wildman–Crippen LogP) is 5.54. The Hall–Kier alpha value is -1.56. The summed E-state index contributed by atoms with van der Waals surface area (Å²) < 4.78 is 0. The summed E-state index contributed by atoms with van der Waals surface area (Å²) in [5.41, 5.74) is 5.86. The van der Waals surface area contributed by atoms with Crippen LogP contribution in [-0.2, 0) is 0 Å². The first-order valence-electron chi connectivity index (χ1n) is 6.81. The molecule has 0 unspecified atom stereocenters. The first-order chi connectivity index (χ1) is 8.75. The Labute approximate surface area is 111 Å². The molecule has 0 bridgehead atoms. The molecule has 1 aliphatic carbocycles. The molecule has 94 valence electrons. The van der Waals surface area contributed by atoms with Crippen LogP contribution in [0.5, 0.6) is 0 Å². The van der Waals surface area contributed by atoms with Gasteiger partial charge in [-0.3, -0.25) is 0 Å². The van der Waals surface area contributed by atoms with E-state index < -0.39 is 0 Å². The van der Waals surface area contributed by atoms with Crippen molar-refractivity contribution in [2.75, 3.05) is 0 Å². The van der Waals surface area contributed by atoms with Gasteiger partial charge in [-0.2, -0.15) is 0 Å². The molecule has 0 heterocycles. The molecule has 0 saturated carbocycles. The van der Waals surface area contributed by atoms with Crippen molar-refractivity contribution in [3.05, 3.63) is 65.3 Å². The normalized spacial score (nSPS) is 14.8. The van der Waals surface area contributed by atoms with Crippen molar-refractivity contribution in [3.63, 3.8) is 0 Å². The van der Waals surface area contributed by atoms with Crippen LogP contribution in [-0.4, -0.2) is 0 Å². The van der Waals surface area contributed by atoms with E-state index in [1.807, 2.05) is 0 Å². The van der Waals surface area contributed by atoms with Gasteiger partial charge in [0.05, 0.1) is 0 Å². The minimum absolute atomic E-state index is 1.09. The van der Waals surface area contributed by atoms with Gasteiger partial charge in [-0.05, 0) is 50.7 Å². The number of benzene rings is 1. The van der Waals surface area contributed by atoms with Crippen molar-refractivity contribution in [1.82, 2.24) is 0 Å². The van der Waals surface area contributed by atoms with Gasteiger partial charge in [-0.15, -0.1) is 0 Å². The zero-order chi connectivity index (χ0) is 12.8. The lowest BCUT2D eigenvalue weighted by Crippen LogP contribution is -1.92. The minimum Gasteiger partial charge on any atom is -0.0856 e. The summed E-state index contributed by atoms with van der Waals surface area (Å²) in [6.45, 7) is 4.34. The van der Waals surface area contributed by atoms with Crippen LogP contribution in [0.4, 0.5) is 0 Å². The SMILES string of the molecule is CC(C)=CCCC1=CCC(c2ccccc2)=CC1. The summed E-state index contributed by atoms with van der Waals surface area (Å²) >= 11 is 0. The molecule has 1 aliphatic rings. The van der Waals surface area contributed by atoms with Gasteiger partial charge in [0.1, 0.15) is 0 Å². The van der Waals surface area contributed by atoms with Crippen molar-refractivity contribution >= 4 is 5.57 Å². The van der Waals surface area contributed by atoms with Crippen molar-refractivity contribution in [2.45, 2.75) is 39.5 Å². The molecule has 18 heavy (non-hydrogen) atoms. The maximum absolute atomic E-state index is 2.42.